The van der Waals surface area contributed by atoms with E-state index >= 15 is 0 Å². The second-order valence-corrected chi connectivity index (χ2v) is 5.52. The number of aliphatic hydroxyl groups excluding tert-OH is 1. The molecule has 0 aromatic carbocycles. The van der Waals surface area contributed by atoms with Crippen molar-refractivity contribution in [2.75, 3.05) is 13.7 Å². The lowest BCUT2D eigenvalue weighted by Crippen LogP contribution is -2.36. The Bertz CT molecular complexity index is 384. The highest BCUT2D eigenvalue weighted by molar-refractivity contribution is 5.21. The van der Waals surface area contributed by atoms with Crippen LogP contribution in [0.3, 0.4) is 0 Å². The third kappa shape index (κ3) is 3.07. The van der Waals surface area contributed by atoms with Crippen molar-refractivity contribution in [3.8, 4) is 5.88 Å². The van der Waals surface area contributed by atoms with E-state index in [2.05, 4.69) is 4.98 Å². The Morgan fingerprint density at radius 3 is 2.47 bits per heavy atom. The minimum Gasteiger partial charge on any atom is -0.481 e. The van der Waals surface area contributed by atoms with Gasteiger partial charge in [0.2, 0.25) is 5.88 Å². The second kappa shape index (κ2) is 6.35. The fraction of sp³-hybridized carbons (Fsp3) is 0.667. The molecule has 19 heavy (non-hydrogen) atoms. The molecule has 1 aliphatic carbocycles. The summed E-state index contributed by atoms with van der Waals surface area (Å²) in [5.41, 5.74) is 6.65. The van der Waals surface area contributed by atoms with Crippen LogP contribution in [-0.4, -0.2) is 23.7 Å². The Hall–Kier alpha value is -1.13. The summed E-state index contributed by atoms with van der Waals surface area (Å²) < 4.78 is 5.05. The van der Waals surface area contributed by atoms with Gasteiger partial charge in [0, 0.05) is 24.2 Å². The number of methoxy groups -OCH3 is 1. The lowest BCUT2D eigenvalue weighted by atomic mass is 9.73. The molecule has 1 atom stereocenters. The topological polar surface area (TPSA) is 68.4 Å². The zero-order chi connectivity index (χ0) is 13.7. The lowest BCUT2D eigenvalue weighted by Gasteiger charge is -2.36. The number of aliphatic hydroxyl groups is 1. The zero-order valence-electron chi connectivity index (χ0n) is 11.6. The van der Waals surface area contributed by atoms with E-state index in [4.69, 9.17) is 10.5 Å². The van der Waals surface area contributed by atoms with Crippen LogP contribution >= 0.6 is 0 Å². The highest BCUT2D eigenvalue weighted by Crippen LogP contribution is 2.44. The number of nitrogens with zero attached hydrogens (tertiary/aromatic N) is 1. The number of aromatic nitrogens is 1. The van der Waals surface area contributed by atoms with Crippen LogP contribution in [0.15, 0.2) is 18.3 Å². The fourth-order valence-electron chi connectivity index (χ4n) is 3.05. The predicted molar refractivity (Wildman–Crippen MR) is 74.9 cm³/mol. The van der Waals surface area contributed by atoms with Crippen molar-refractivity contribution < 1.29 is 9.84 Å². The zero-order valence-corrected chi connectivity index (χ0v) is 11.6. The van der Waals surface area contributed by atoms with E-state index in [1.807, 2.05) is 6.07 Å². The summed E-state index contributed by atoms with van der Waals surface area (Å²) >= 11 is 0. The molecule has 1 aromatic heterocycles. The smallest absolute Gasteiger partial charge is 0.212 e. The maximum absolute atomic E-state index is 10.7. The van der Waals surface area contributed by atoms with Crippen molar-refractivity contribution in [2.24, 2.45) is 11.1 Å². The molecule has 106 valence electrons. The van der Waals surface area contributed by atoms with Crippen LogP contribution in [0.2, 0.25) is 0 Å². The molecule has 2 rings (SSSR count). The minimum absolute atomic E-state index is 0.188. The summed E-state index contributed by atoms with van der Waals surface area (Å²) in [5, 5.41) is 10.7. The van der Waals surface area contributed by atoms with Crippen molar-refractivity contribution in [1.82, 2.24) is 4.98 Å². The molecule has 4 heteroatoms. The van der Waals surface area contributed by atoms with Gasteiger partial charge < -0.3 is 15.6 Å². The number of nitrogens with two attached hydrogens (primary N) is 1. The van der Waals surface area contributed by atoms with E-state index in [9.17, 15) is 5.11 Å². The van der Waals surface area contributed by atoms with E-state index in [-0.39, 0.29) is 5.41 Å². The maximum atomic E-state index is 10.7. The second-order valence-electron chi connectivity index (χ2n) is 5.52. The monoisotopic (exact) mass is 264 g/mol. The average Bonchev–Trinajstić information content (AvgIpc) is 2.73. The summed E-state index contributed by atoms with van der Waals surface area (Å²) in [6.45, 7) is 0.528. The summed E-state index contributed by atoms with van der Waals surface area (Å²) in [4.78, 5) is 4.18. The van der Waals surface area contributed by atoms with E-state index in [0.717, 1.165) is 31.2 Å². The largest absolute Gasteiger partial charge is 0.481 e. The van der Waals surface area contributed by atoms with Crippen molar-refractivity contribution in [3.05, 3.63) is 23.9 Å². The highest BCUT2D eigenvalue weighted by Gasteiger charge is 2.37. The first-order valence-electron chi connectivity index (χ1n) is 7.10. The van der Waals surface area contributed by atoms with Gasteiger partial charge in [0.15, 0.2) is 0 Å². The molecule has 1 aliphatic rings. The molecule has 0 bridgehead atoms. The molecule has 1 unspecified atom stereocenters. The summed E-state index contributed by atoms with van der Waals surface area (Å²) in [6, 6.07) is 3.68. The maximum Gasteiger partial charge on any atom is 0.212 e. The molecule has 1 heterocycles. The molecule has 0 aliphatic heterocycles. The Kier molecular flexibility index (Phi) is 4.77. The van der Waals surface area contributed by atoms with Gasteiger partial charge in [0.05, 0.1) is 13.2 Å². The Labute approximate surface area is 115 Å². The average molecular weight is 264 g/mol. The molecule has 0 saturated heterocycles. The molecule has 1 saturated carbocycles. The molecule has 4 nitrogen and oxygen atoms in total. The van der Waals surface area contributed by atoms with Gasteiger partial charge in [-0.1, -0.05) is 25.7 Å². The molecule has 1 fully saturated rings. The van der Waals surface area contributed by atoms with Crippen molar-refractivity contribution in [3.63, 3.8) is 0 Å². The number of hydrogen-bond donors (Lipinski definition) is 2. The lowest BCUT2D eigenvalue weighted by molar-refractivity contribution is 0.0164. The molecule has 0 spiro atoms. The van der Waals surface area contributed by atoms with Crippen LogP contribution in [0.5, 0.6) is 5.88 Å². The van der Waals surface area contributed by atoms with Gasteiger partial charge >= 0.3 is 0 Å². The Balaban J connectivity index is 2.20. The molecule has 3 N–H and O–H groups in total. The van der Waals surface area contributed by atoms with Gasteiger partial charge in [-0.3, -0.25) is 0 Å². The normalized spacial score (nSPS) is 20.6. The van der Waals surface area contributed by atoms with Gasteiger partial charge in [0.25, 0.3) is 0 Å². The van der Waals surface area contributed by atoms with E-state index in [0.29, 0.717) is 12.4 Å². The van der Waals surface area contributed by atoms with Gasteiger partial charge in [-0.25, -0.2) is 4.98 Å². The van der Waals surface area contributed by atoms with Crippen molar-refractivity contribution >= 4 is 0 Å². The third-order valence-corrected chi connectivity index (χ3v) is 4.37. The predicted octanol–water partition coefficient (Wildman–Crippen LogP) is 2.42. The highest BCUT2D eigenvalue weighted by atomic mass is 16.5. The van der Waals surface area contributed by atoms with Crippen LogP contribution < -0.4 is 10.5 Å². The Morgan fingerprint density at radius 2 is 2.00 bits per heavy atom. The van der Waals surface area contributed by atoms with Gasteiger partial charge in [-0.05, 0) is 24.5 Å². The van der Waals surface area contributed by atoms with Gasteiger partial charge in [0.1, 0.15) is 0 Å². The fourth-order valence-corrected chi connectivity index (χ4v) is 3.05. The standard InChI is InChI=1S/C15H24N2O2/c1-19-13-7-6-12(10-17-13)14(18)15(11-16)8-4-2-3-5-9-15/h6-7,10,14,18H,2-5,8-9,11,16H2,1H3. The first kappa shape index (κ1) is 14.3. The van der Waals surface area contributed by atoms with Gasteiger partial charge in [-0.2, -0.15) is 0 Å². The molecule has 0 amide bonds. The van der Waals surface area contributed by atoms with E-state index in [1.165, 1.54) is 12.8 Å². The number of pyridine rings is 1. The molecule has 1 aromatic rings. The van der Waals surface area contributed by atoms with Crippen molar-refractivity contribution in [1.29, 1.82) is 0 Å². The van der Waals surface area contributed by atoms with Crippen LogP contribution in [-0.2, 0) is 0 Å². The molecular formula is C15H24N2O2. The molecular weight excluding hydrogens is 240 g/mol. The van der Waals surface area contributed by atoms with Gasteiger partial charge in [-0.15, -0.1) is 0 Å². The number of rotatable bonds is 4. The Morgan fingerprint density at radius 1 is 1.32 bits per heavy atom. The number of hydrogen-bond acceptors (Lipinski definition) is 4. The van der Waals surface area contributed by atoms with E-state index in [1.54, 1.807) is 19.4 Å². The molecule has 0 radical (unpaired) electrons. The summed E-state index contributed by atoms with van der Waals surface area (Å²) in [6.07, 6.45) is 7.95. The number of ether oxygens (including phenoxy) is 1. The van der Waals surface area contributed by atoms with Crippen LogP contribution in [0.1, 0.15) is 50.2 Å². The van der Waals surface area contributed by atoms with E-state index < -0.39 is 6.10 Å². The van der Waals surface area contributed by atoms with Crippen molar-refractivity contribution in [2.45, 2.75) is 44.6 Å². The quantitative estimate of drug-likeness (QED) is 0.819. The summed E-state index contributed by atoms with van der Waals surface area (Å²) in [5.74, 6) is 0.568. The minimum atomic E-state index is -0.533. The first-order chi connectivity index (χ1) is 9.22. The van der Waals surface area contributed by atoms with Crippen LogP contribution in [0, 0.1) is 5.41 Å². The SMILES string of the molecule is COc1ccc(C(O)C2(CN)CCCCCC2)cn1. The van der Waals surface area contributed by atoms with Crippen LogP contribution in [0.4, 0.5) is 0 Å². The summed E-state index contributed by atoms with van der Waals surface area (Å²) in [7, 11) is 1.59. The first-order valence-corrected chi connectivity index (χ1v) is 7.10. The van der Waals surface area contributed by atoms with Crippen LogP contribution in [0.25, 0.3) is 0 Å². The third-order valence-electron chi connectivity index (χ3n) is 4.37.